The second-order valence-corrected chi connectivity index (χ2v) is 11.3. The number of benzene rings is 2. The Hall–Kier alpha value is -4.35. The monoisotopic (exact) mass is 651 g/mol. The van der Waals surface area contributed by atoms with Gasteiger partial charge in [0.1, 0.15) is 30.5 Å². The number of nitrogens with two attached hydrogens (primary N) is 2. The number of nitrogens with one attached hydrogen (secondary N) is 3. The zero-order valence-corrected chi connectivity index (χ0v) is 27.2. The maximum Gasteiger partial charge on any atom is 0.416 e. The predicted octanol–water partition coefficient (Wildman–Crippen LogP) is 3.77. The van der Waals surface area contributed by atoms with Gasteiger partial charge in [0, 0.05) is 44.3 Å². The third kappa shape index (κ3) is 10.1. The smallest absolute Gasteiger partial charge is 0.383 e. The number of alkyl halides is 3. The fraction of sp³-hybridized carbons (Fsp3) is 0.412. The first-order chi connectivity index (χ1) is 22.6. The molecule has 0 saturated carbocycles. The van der Waals surface area contributed by atoms with Gasteiger partial charge in [-0.25, -0.2) is 9.97 Å². The lowest BCUT2D eigenvalue weighted by Gasteiger charge is -2.33. The maximum atomic E-state index is 14.2. The molecule has 0 unspecified atom stereocenters. The first kappa shape index (κ1) is 37.1. The number of likely N-dealkylation sites (N-methyl/N-ethyl adjacent to an activating group) is 1. The molecule has 2 fully saturated rings. The fourth-order valence-corrected chi connectivity index (χ4v) is 5.45. The van der Waals surface area contributed by atoms with Crippen LogP contribution in [0.25, 0.3) is 11.1 Å². The molecule has 5 rings (SSSR count). The van der Waals surface area contributed by atoms with Gasteiger partial charge in [0.05, 0.1) is 11.1 Å². The molecule has 10 nitrogen and oxygen atoms in total. The van der Waals surface area contributed by atoms with Crippen molar-refractivity contribution < 1.29 is 18.0 Å². The van der Waals surface area contributed by atoms with Gasteiger partial charge in [-0.05, 0) is 87.3 Å². The van der Waals surface area contributed by atoms with E-state index in [4.69, 9.17) is 15.9 Å². The van der Waals surface area contributed by atoms with Gasteiger partial charge >= 0.3 is 6.18 Å². The number of nitrogen functional groups attached to an aromatic ring is 1. The van der Waals surface area contributed by atoms with E-state index in [1.54, 1.807) is 24.3 Å². The van der Waals surface area contributed by atoms with E-state index in [0.29, 0.717) is 28.1 Å². The largest absolute Gasteiger partial charge is 0.416 e. The SMILES string of the molecule is C=O.CN.Cc1ccc(-c2ccc(CN3CCN(C)CC3)c(C(F)(F)F)c2)cc1C#CC(=N)c1c(N)ncnc1NC1CCNCC1. The summed E-state index contributed by atoms with van der Waals surface area (Å²) >= 11 is 0. The molecule has 0 spiro atoms. The number of aryl methyl sites for hydroxylation is 1. The quantitative estimate of drug-likeness (QED) is 0.198. The minimum absolute atomic E-state index is 0.0352. The molecule has 252 valence electrons. The van der Waals surface area contributed by atoms with Crippen molar-refractivity contribution in [3.05, 3.63) is 70.5 Å². The number of aromatic nitrogens is 2. The van der Waals surface area contributed by atoms with Crippen LogP contribution in [0.15, 0.2) is 42.7 Å². The number of rotatable bonds is 6. The summed E-state index contributed by atoms with van der Waals surface area (Å²) in [6.45, 7) is 9.07. The number of piperazine rings is 1. The molecule has 2 aliphatic heterocycles. The molecule has 0 radical (unpaired) electrons. The molecule has 47 heavy (non-hydrogen) atoms. The molecule has 7 N–H and O–H groups in total. The second-order valence-electron chi connectivity index (χ2n) is 11.3. The number of nitrogens with zero attached hydrogens (tertiary/aromatic N) is 4. The molecule has 3 aromatic rings. The first-order valence-electron chi connectivity index (χ1n) is 15.4. The van der Waals surface area contributed by atoms with Crippen molar-refractivity contribution >= 4 is 24.1 Å². The van der Waals surface area contributed by atoms with Crippen LogP contribution >= 0.6 is 0 Å². The highest BCUT2D eigenvalue weighted by atomic mass is 19.4. The van der Waals surface area contributed by atoms with E-state index in [2.05, 4.69) is 48.0 Å². The summed E-state index contributed by atoms with van der Waals surface area (Å²) in [6, 6.07) is 10.2. The van der Waals surface area contributed by atoms with Crippen LogP contribution in [-0.4, -0.2) is 91.7 Å². The van der Waals surface area contributed by atoms with Gasteiger partial charge in [0.25, 0.3) is 0 Å². The highest BCUT2D eigenvalue weighted by Crippen LogP contribution is 2.36. The van der Waals surface area contributed by atoms with E-state index < -0.39 is 11.7 Å². The van der Waals surface area contributed by atoms with Crippen molar-refractivity contribution in [2.45, 2.75) is 38.5 Å². The van der Waals surface area contributed by atoms with Gasteiger partial charge in [-0.2, -0.15) is 13.2 Å². The average Bonchev–Trinajstić information content (AvgIpc) is 3.07. The van der Waals surface area contributed by atoms with Crippen molar-refractivity contribution in [1.29, 1.82) is 5.41 Å². The molecule has 2 saturated heterocycles. The Bertz CT molecular complexity index is 1550. The van der Waals surface area contributed by atoms with Crippen molar-refractivity contribution in [2.75, 3.05) is 64.4 Å². The minimum Gasteiger partial charge on any atom is -0.383 e. The summed E-state index contributed by atoms with van der Waals surface area (Å²) in [4.78, 5) is 20.6. The van der Waals surface area contributed by atoms with Gasteiger partial charge in [-0.1, -0.05) is 30.2 Å². The fourth-order valence-electron chi connectivity index (χ4n) is 5.45. The van der Waals surface area contributed by atoms with Crippen LogP contribution in [0.1, 0.15) is 40.7 Å². The Balaban J connectivity index is 0.00000144. The summed E-state index contributed by atoms with van der Waals surface area (Å²) in [5.41, 5.74) is 13.1. The lowest BCUT2D eigenvalue weighted by atomic mass is 9.95. The summed E-state index contributed by atoms with van der Waals surface area (Å²) < 4.78 is 42.6. The Labute approximate surface area is 274 Å². The van der Waals surface area contributed by atoms with E-state index in [1.165, 1.54) is 19.4 Å². The molecule has 2 aliphatic rings. The first-order valence-corrected chi connectivity index (χ1v) is 15.4. The number of hydrogen-bond donors (Lipinski definition) is 5. The molecule has 0 aliphatic carbocycles. The summed E-state index contributed by atoms with van der Waals surface area (Å²) in [5, 5.41) is 15.4. The summed E-state index contributed by atoms with van der Waals surface area (Å²) in [7, 11) is 3.52. The highest BCUT2D eigenvalue weighted by molar-refractivity contribution is 6.16. The van der Waals surface area contributed by atoms with Crippen LogP contribution in [0.4, 0.5) is 24.8 Å². The van der Waals surface area contributed by atoms with Gasteiger partial charge in [-0.15, -0.1) is 0 Å². The Morgan fingerprint density at radius 2 is 1.70 bits per heavy atom. The molecule has 2 aromatic carbocycles. The van der Waals surface area contributed by atoms with E-state index in [1.807, 2.05) is 26.8 Å². The number of halogens is 3. The summed E-state index contributed by atoms with van der Waals surface area (Å²) in [6.07, 6.45) is -1.28. The van der Waals surface area contributed by atoms with Gasteiger partial charge in [-0.3, -0.25) is 10.3 Å². The van der Waals surface area contributed by atoms with E-state index in [9.17, 15) is 13.2 Å². The van der Waals surface area contributed by atoms with Crippen molar-refractivity contribution in [3.8, 4) is 23.0 Å². The number of carbonyl (C=O) groups is 1. The third-order valence-corrected chi connectivity index (χ3v) is 8.10. The molecule has 3 heterocycles. The summed E-state index contributed by atoms with van der Waals surface area (Å²) in [5.74, 6) is 6.55. The van der Waals surface area contributed by atoms with Crippen LogP contribution in [-0.2, 0) is 17.5 Å². The Kier molecular flexibility index (Phi) is 13.8. The number of anilines is 2. The van der Waals surface area contributed by atoms with Crippen LogP contribution in [0, 0.1) is 24.2 Å². The maximum absolute atomic E-state index is 14.2. The van der Waals surface area contributed by atoms with Crippen molar-refractivity contribution in [1.82, 2.24) is 25.1 Å². The van der Waals surface area contributed by atoms with E-state index >= 15 is 0 Å². The number of hydrogen-bond acceptors (Lipinski definition) is 10. The zero-order valence-electron chi connectivity index (χ0n) is 27.2. The average molecular weight is 652 g/mol. The minimum atomic E-state index is -4.47. The molecule has 1 aromatic heterocycles. The van der Waals surface area contributed by atoms with Crippen LogP contribution < -0.4 is 22.1 Å². The molecule has 0 atom stereocenters. The van der Waals surface area contributed by atoms with Crippen LogP contribution in [0.3, 0.4) is 0 Å². The van der Waals surface area contributed by atoms with Gasteiger partial charge in [0.15, 0.2) is 0 Å². The molecular weight excluding hydrogens is 607 g/mol. The molecular formula is C34H44F3N9O. The van der Waals surface area contributed by atoms with E-state index in [0.717, 1.165) is 57.7 Å². The van der Waals surface area contributed by atoms with Crippen molar-refractivity contribution in [2.24, 2.45) is 5.73 Å². The predicted molar refractivity (Wildman–Crippen MR) is 181 cm³/mol. The second kappa shape index (κ2) is 17.5. The lowest BCUT2D eigenvalue weighted by Crippen LogP contribution is -2.44. The normalized spacial score (nSPS) is 15.6. The lowest BCUT2D eigenvalue weighted by molar-refractivity contribution is -0.138. The Morgan fingerprint density at radius 3 is 2.36 bits per heavy atom. The van der Waals surface area contributed by atoms with Crippen LogP contribution in [0.2, 0.25) is 0 Å². The van der Waals surface area contributed by atoms with Crippen LogP contribution in [0.5, 0.6) is 0 Å². The van der Waals surface area contributed by atoms with E-state index in [-0.39, 0.29) is 29.7 Å². The van der Waals surface area contributed by atoms with Gasteiger partial charge < -0.3 is 31.8 Å². The zero-order chi connectivity index (χ0) is 34.6. The molecule has 13 heteroatoms. The molecule has 0 bridgehead atoms. The Morgan fingerprint density at radius 1 is 1.06 bits per heavy atom. The topological polar surface area (TPSA) is 149 Å². The van der Waals surface area contributed by atoms with Crippen molar-refractivity contribution in [3.63, 3.8) is 0 Å². The molecule has 0 amide bonds. The third-order valence-electron chi connectivity index (χ3n) is 8.10. The number of carbonyl (C=O) groups excluding carboxylic acids is 1. The number of piperidine rings is 1. The highest BCUT2D eigenvalue weighted by Gasteiger charge is 2.34. The van der Waals surface area contributed by atoms with Gasteiger partial charge in [0.2, 0.25) is 0 Å². The standard InChI is InChI=1S/C32H37F3N8.CH5N.CH2O/c1-21-3-4-23(24-5-6-25(27(18-24)32(33,34)35)19-43-15-13-42(2)14-16-43)17-22(21)7-8-28(36)29-30(37)39-20-40-31(29)41-26-9-11-38-12-10-26;2*1-2/h3-6,17-18,20,26,36,38H,9-16,19H2,1-2H3,(H3,37,39,40,41);2H2,1H3;1H2.